The predicted octanol–water partition coefficient (Wildman–Crippen LogP) is 4.52. The zero-order valence-corrected chi connectivity index (χ0v) is 14.5. The lowest BCUT2D eigenvalue weighted by Gasteiger charge is -2.04. The van der Waals surface area contributed by atoms with Gasteiger partial charge >= 0.3 is 0 Å². The summed E-state index contributed by atoms with van der Waals surface area (Å²) in [5.41, 5.74) is 4.11. The summed E-state index contributed by atoms with van der Waals surface area (Å²) in [6, 6.07) is 18.2. The minimum absolute atomic E-state index is 0.639. The highest BCUT2D eigenvalue weighted by Gasteiger charge is 2.10. The molecule has 6 heteroatoms. The molecule has 2 aromatic carbocycles. The summed E-state index contributed by atoms with van der Waals surface area (Å²) in [4.78, 5) is 4.57. The van der Waals surface area contributed by atoms with Crippen molar-refractivity contribution in [1.82, 2.24) is 19.7 Å². The normalized spacial score (nSPS) is 10.9. The lowest BCUT2D eigenvalue weighted by molar-refractivity contribution is 0.573. The van der Waals surface area contributed by atoms with Crippen molar-refractivity contribution in [3.8, 4) is 17.1 Å². The molecule has 0 amide bonds. The van der Waals surface area contributed by atoms with Gasteiger partial charge in [-0.3, -0.25) is 4.57 Å². The highest BCUT2D eigenvalue weighted by molar-refractivity contribution is 7.98. The predicted molar refractivity (Wildman–Crippen MR) is 97.6 cm³/mol. The van der Waals surface area contributed by atoms with Crippen LogP contribution in [0, 0.1) is 6.92 Å². The number of thioether (sulfide) groups is 1. The Hall–Kier alpha value is -2.86. The van der Waals surface area contributed by atoms with Crippen LogP contribution in [-0.4, -0.2) is 19.7 Å². The summed E-state index contributed by atoms with van der Waals surface area (Å²) in [6.45, 7) is 2.06. The van der Waals surface area contributed by atoms with Crippen molar-refractivity contribution in [2.75, 3.05) is 0 Å². The Labute approximate surface area is 149 Å². The van der Waals surface area contributed by atoms with Crippen molar-refractivity contribution in [2.45, 2.75) is 17.8 Å². The Kier molecular flexibility index (Phi) is 4.35. The van der Waals surface area contributed by atoms with Gasteiger partial charge in [-0.2, -0.15) is 0 Å². The number of nitrogens with zero attached hydrogens (tertiary/aromatic N) is 4. The van der Waals surface area contributed by atoms with E-state index in [0.29, 0.717) is 11.6 Å². The van der Waals surface area contributed by atoms with E-state index in [-0.39, 0.29) is 0 Å². The van der Waals surface area contributed by atoms with E-state index in [1.807, 2.05) is 47.0 Å². The standard InChI is InChI=1S/C19H16N4OS/c1-14-7-9-15(10-8-14)18-21-16(11-24-18)12-25-19-22-20-13-23(19)17-5-3-2-4-6-17/h2-11,13H,12H2,1H3. The topological polar surface area (TPSA) is 56.7 Å². The summed E-state index contributed by atoms with van der Waals surface area (Å²) in [5, 5.41) is 9.05. The van der Waals surface area contributed by atoms with E-state index in [0.717, 1.165) is 22.1 Å². The Morgan fingerprint density at radius 2 is 1.84 bits per heavy atom. The van der Waals surface area contributed by atoms with E-state index in [1.54, 1.807) is 24.4 Å². The first-order valence-corrected chi connectivity index (χ1v) is 8.88. The number of rotatable bonds is 5. The first kappa shape index (κ1) is 15.7. The third-order valence-electron chi connectivity index (χ3n) is 3.75. The first-order valence-electron chi connectivity index (χ1n) is 7.89. The largest absolute Gasteiger partial charge is 0.444 e. The van der Waals surface area contributed by atoms with Gasteiger partial charge in [0.25, 0.3) is 0 Å². The Bertz CT molecular complexity index is 961. The second kappa shape index (κ2) is 6.94. The molecule has 0 saturated carbocycles. The zero-order valence-electron chi connectivity index (χ0n) is 13.7. The number of hydrogen-bond acceptors (Lipinski definition) is 5. The van der Waals surface area contributed by atoms with Crippen LogP contribution in [0.2, 0.25) is 0 Å². The molecule has 4 aromatic rings. The molecule has 4 rings (SSSR count). The SMILES string of the molecule is Cc1ccc(-c2nc(CSc3nncn3-c3ccccc3)co2)cc1. The molecular formula is C19H16N4OS. The molecule has 0 bridgehead atoms. The Morgan fingerprint density at radius 1 is 1.04 bits per heavy atom. The molecule has 0 unspecified atom stereocenters. The van der Waals surface area contributed by atoms with E-state index in [2.05, 4.69) is 34.2 Å². The van der Waals surface area contributed by atoms with Gasteiger partial charge < -0.3 is 4.42 Å². The molecule has 0 saturated heterocycles. The van der Waals surface area contributed by atoms with Gasteiger partial charge in [0.1, 0.15) is 12.6 Å². The van der Waals surface area contributed by atoms with Gasteiger partial charge in [-0.05, 0) is 31.2 Å². The van der Waals surface area contributed by atoms with Crippen molar-refractivity contribution in [1.29, 1.82) is 0 Å². The number of aryl methyl sites for hydroxylation is 1. The van der Waals surface area contributed by atoms with Crippen LogP contribution in [0.25, 0.3) is 17.1 Å². The fourth-order valence-corrected chi connectivity index (χ4v) is 3.24. The minimum Gasteiger partial charge on any atom is -0.444 e. The molecule has 25 heavy (non-hydrogen) atoms. The molecule has 5 nitrogen and oxygen atoms in total. The maximum absolute atomic E-state index is 5.61. The van der Waals surface area contributed by atoms with Crippen molar-refractivity contribution in [3.05, 3.63) is 78.4 Å². The fourth-order valence-electron chi connectivity index (χ4n) is 2.43. The van der Waals surface area contributed by atoms with E-state index < -0.39 is 0 Å². The van der Waals surface area contributed by atoms with Crippen molar-refractivity contribution < 1.29 is 4.42 Å². The summed E-state index contributed by atoms with van der Waals surface area (Å²) in [6.07, 6.45) is 3.42. The number of aromatic nitrogens is 4. The quantitative estimate of drug-likeness (QED) is 0.496. The van der Waals surface area contributed by atoms with Gasteiger partial charge in [0.05, 0.1) is 5.69 Å². The summed E-state index contributed by atoms with van der Waals surface area (Å²) in [5.74, 6) is 1.31. The molecule has 2 aromatic heterocycles. The van der Waals surface area contributed by atoms with Crippen LogP contribution in [0.5, 0.6) is 0 Å². The zero-order chi connectivity index (χ0) is 17.1. The minimum atomic E-state index is 0.639. The van der Waals surface area contributed by atoms with Gasteiger partial charge in [-0.25, -0.2) is 4.98 Å². The van der Waals surface area contributed by atoms with E-state index in [1.165, 1.54) is 5.56 Å². The van der Waals surface area contributed by atoms with Crippen LogP contribution in [-0.2, 0) is 5.75 Å². The van der Waals surface area contributed by atoms with Crippen molar-refractivity contribution in [3.63, 3.8) is 0 Å². The second-order valence-corrected chi connectivity index (χ2v) is 6.56. The second-order valence-electron chi connectivity index (χ2n) is 5.62. The number of para-hydroxylation sites is 1. The highest BCUT2D eigenvalue weighted by atomic mass is 32.2. The summed E-state index contributed by atoms with van der Waals surface area (Å²) < 4.78 is 7.57. The number of oxazole rings is 1. The van der Waals surface area contributed by atoms with Crippen LogP contribution in [0.3, 0.4) is 0 Å². The van der Waals surface area contributed by atoms with E-state index in [4.69, 9.17) is 4.42 Å². The van der Waals surface area contributed by atoms with Crippen LogP contribution in [0.15, 0.2) is 76.8 Å². The molecule has 0 spiro atoms. The summed E-state index contributed by atoms with van der Waals surface area (Å²) >= 11 is 1.58. The smallest absolute Gasteiger partial charge is 0.226 e. The molecule has 0 N–H and O–H groups in total. The Balaban J connectivity index is 1.48. The van der Waals surface area contributed by atoms with Crippen molar-refractivity contribution in [2.24, 2.45) is 0 Å². The van der Waals surface area contributed by atoms with Crippen LogP contribution >= 0.6 is 11.8 Å². The molecular weight excluding hydrogens is 332 g/mol. The van der Waals surface area contributed by atoms with Crippen LogP contribution in [0.4, 0.5) is 0 Å². The van der Waals surface area contributed by atoms with Gasteiger partial charge in [-0.1, -0.05) is 47.7 Å². The Morgan fingerprint density at radius 3 is 2.64 bits per heavy atom. The van der Waals surface area contributed by atoms with Gasteiger partial charge in [-0.15, -0.1) is 10.2 Å². The van der Waals surface area contributed by atoms with Gasteiger partial charge in [0.15, 0.2) is 5.16 Å². The third kappa shape index (κ3) is 3.49. The molecule has 0 aliphatic rings. The summed E-state index contributed by atoms with van der Waals surface area (Å²) in [7, 11) is 0. The molecule has 0 radical (unpaired) electrons. The van der Waals surface area contributed by atoms with E-state index >= 15 is 0 Å². The lowest BCUT2D eigenvalue weighted by atomic mass is 10.1. The number of benzene rings is 2. The van der Waals surface area contributed by atoms with E-state index in [9.17, 15) is 0 Å². The molecule has 124 valence electrons. The molecule has 2 heterocycles. The van der Waals surface area contributed by atoms with Gasteiger partial charge in [0.2, 0.25) is 5.89 Å². The average Bonchev–Trinajstić information content (AvgIpc) is 3.31. The van der Waals surface area contributed by atoms with Crippen molar-refractivity contribution >= 4 is 11.8 Å². The third-order valence-corrected chi connectivity index (χ3v) is 4.73. The maximum Gasteiger partial charge on any atom is 0.226 e. The molecule has 0 atom stereocenters. The average molecular weight is 348 g/mol. The highest BCUT2D eigenvalue weighted by Crippen LogP contribution is 2.25. The lowest BCUT2D eigenvalue weighted by Crippen LogP contribution is -1.94. The van der Waals surface area contributed by atoms with Crippen LogP contribution < -0.4 is 0 Å². The van der Waals surface area contributed by atoms with Crippen LogP contribution in [0.1, 0.15) is 11.3 Å². The van der Waals surface area contributed by atoms with Gasteiger partial charge in [0, 0.05) is 17.0 Å². The molecule has 0 aliphatic heterocycles. The number of hydrogen-bond donors (Lipinski definition) is 0. The first-order chi connectivity index (χ1) is 12.3. The molecule has 0 fully saturated rings. The monoisotopic (exact) mass is 348 g/mol. The fraction of sp³-hybridized carbons (Fsp3) is 0.105. The maximum atomic E-state index is 5.61. The molecule has 0 aliphatic carbocycles.